The highest BCUT2D eigenvalue weighted by Crippen LogP contribution is 2.38. The first-order chi connectivity index (χ1) is 9.84. The molecule has 1 saturated carbocycles. The van der Waals surface area contributed by atoms with Crippen molar-refractivity contribution in [3.8, 4) is 0 Å². The number of piperazine rings is 1. The minimum atomic E-state index is 0.592. The Balaban J connectivity index is 1.83. The normalized spacial score (nSPS) is 23.6. The van der Waals surface area contributed by atoms with Crippen molar-refractivity contribution in [2.75, 3.05) is 26.2 Å². The van der Waals surface area contributed by atoms with Crippen LogP contribution in [0, 0.1) is 5.92 Å². The average molecular weight is 293 g/mol. The second-order valence-electron chi connectivity index (χ2n) is 6.18. The van der Waals surface area contributed by atoms with Crippen LogP contribution in [0.4, 0.5) is 0 Å². The molecule has 0 radical (unpaired) electrons. The minimum absolute atomic E-state index is 0.592. The molecule has 0 bridgehead atoms. The van der Waals surface area contributed by atoms with Gasteiger partial charge in [0.15, 0.2) is 0 Å². The van der Waals surface area contributed by atoms with Crippen LogP contribution in [0.2, 0.25) is 5.02 Å². The van der Waals surface area contributed by atoms with E-state index in [-0.39, 0.29) is 0 Å². The van der Waals surface area contributed by atoms with Crippen molar-refractivity contribution in [3.05, 3.63) is 34.9 Å². The monoisotopic (exact) mass is 292 g/mol. The van der Waals surface area contributed by atoms with Gasteiger partial charge in [-0.15, -0.1) is 0 Å². The molecular weight excluding hydrogens is 268 g/mol. The third-order valence-electron chi connectivity index (χ3n) is 4.85. The van der Waals surface area contributed by atoms with Crippen molar-refractivity contribution in [1.82, 2.24) is 10.2 Å². The number of hydrogen-bond donors (Lipinski definition) is 1. The second-order valence-corrected chi connectivity index (χ2v) is 6.62. The van der Waals surface area contributed by atoms with E-state index in [0.29, 0.717) is 6.04 Å². The molecule has 1 heterocycles. The number of benzene rings is 1. The zero-order chi connectivity index (χ0) is 13.8. The molecule has 1 aliphatic carbocycles. The number of nitrogens with one attached hydrogen (secondary N) is 1. The molecule has 1 aromatic rings. The smallest absolute Gasteiger partial charge is 0.0406 e. The van der Waals surface area contributed by atoms with Crippen molar-refractivity contribution in [2.45, 2.75) is 38.1 Å². The summed E-state index contributed by atoms with van der Waals surface area (Å²) in [6.45, 7) is 4.58. The molecule has 1 aliphatic heterocycles. The van der Waals surface area contributed by atoms with E-state index in [9.17, 15) is 0 Å². The molecule has 2 fully saturated rings. The van der Waals surface area contributed by atoms with Crippen LogP contribution < -0.4 is 5.32 Å². The molecule has 3 rings (SSSR count). The van der Waals surface area contributed by atoms with E-state index in [2.05, 4.69) is 34.5 Å². The van der Waals surface area contributed by atoms with Gasteiger partial charge >= 0.3 is 0 Å². The van der Waals surface area contributed by atoms with Gasteiger partial charge in [0.2, 0.25) is 0 Å². The number of hydrogen-bond acceptors (Lipinski definition) is 2. The predicted molar refractivity (Wildman–Crippen MR) is 85.2 cm³/mol. The van der Waals surface area contributed by atoms with Crippen molar-refractivity contribution >= 4 is 11.6 Å². The molecule has 0 amide bonds. The van der Waals surface area contributed by atoms with E-state index in [1.165, 1.54) is 50.8 Å². The summed E-state index contributed by atoms with van der Waals surface area (Å²) in [6.07, 6.45) is 7.00. The molecule has 1 N–H and O–H groups in total. The lowest BCUT2D eigenvalue weighted by atomic mass is 9.80. The van der Waals surface area contributed by atoms with Gasteiger partial charge in [-0.25, -0.2) is 0 Å². The lowest BCUT2D eigenvalue weighted by molar-refractivity contribution is 0.103. The first-order valence-electron chi connectivity index (χ1n) is 8.05. The molecule has 0 unspecified atom stereocenters. The van der Waals surface area contributed by atoms with E-state index < -0.39 is 0 Å². The van der Waals surface area contributed by atoms with Gasteiger partial charge in [-0.3, -0.25) is 4.90 Å². The fourth-order valence-electron chi connectivity index (χ4n) is 3.85. The molecule has 3 heteroatoms. The Kier molecular flexibility index (Phi) is 4.98. The third-order valence-corrected chi connectivity index (χ3v) is 5.10. The molecular formula is C17H25ClN2. The fraction of sp³-hybridized carbons (Fsp3) is 0.647. The maximum absolute atomic E-state index is 6.06. The van der Waals surface area contributed by atoms with Crippen LogP contribution in [0.5, 0.6) is 0 Å². The lowest BCUT2D eigenvalue weighted by Gasteiger charge is -2.41. The van der Waals surface area contributed by atoms with Crippen LogP contribution in [0.3, 0.4) is 0 Å². The molecule has 20 heavy (non-hydrogen) atoms. The molecule has 1 saturated heterocycles. The van der Waals surface area contributed by atoms with Crippen LogP contribution in [-0.2, 0) is 0 Å². The Hall–Kier alpha value is -0.570. The summed E-state index contributed by atoms with van der Waals surface area (Å²) in [5, 5.41) is 4.31. The van der Waals surface area contributed by atoms with Crippen LogP contribution >= 0.6 is 11.6 Å². The Morgan fingerprint density at radius 2 is 1.65 bits per heavy atom. The van der Waals surface area contributed by atoms with Crippen LogP contribution in [0.15, 0.2) is 24.3 Å². The van der Waals surface area contributed by atoms with Crippen molar-refractivity contribution < 1.29 is 0 Å². The summed E-state index contributed by atoms with van der Waals surface area (Å²) in [6, 6.07) is 9.17. The number of nitrogens with zero attached hydrogens (tertiary/aromatic N) is 1. The van der Waals surface area contributed by atoms with Gasteiger partial charge in [0.1, 0.15) is 0 Å². The predicted octanol–water partition coefficient (Wildman–Crippen LogP) is 3.87. The number of rotatable bonds is 3. The topological polar surface area (TPSA) is 15.3 Å². The van der Waals surface area contributed by atoms with Gasteiger partial charge in [0.05, 0.1) is 0 Å². The zero-order valence-corrected chi connectivity index (χ0v) is 12.9. The van der Waals surface area contributed by atoms with Gasteiger partial charge in [0.25, 0.3) is 0 Å². The summed E-state index contributed by atoms with van der Waals surface area (Å²) in [5.74, 6) is 0.822. The summed E-state index contributed by atoms with van der Waals surface area (Å²) in [5.41, 5.74) is 1.46. The van der Waals surface area contributed by atoms with E-state index in [4.69, 9.17) is 11.6 Å². The van der Waals surface area contributed by atoms with Crippen molar-refractivity contribution in [2.24, 2.45) is 5.92 Å². The SMILES string of the molecule is Clc1ccc([C@@H](C2CCCCC2)N2CCNCC2)cc1. The van der Waals surface area contributed by atoms with Crippen LogP contribution in [0.25, 0.3) is 0 Å². The lowest BCUT2D eigenvalue weighted by Crippen LogP contribution is -2.47. The van der Waals surface area contributed by atoms with Crippen molar-refractivity contribution in [3.63, 3.8) is 0 Å². The minimum Gasteiger partial charge on any atom is -0.314 e. The molecule has 1 aromatic carbocycles. The third kappa shape index (κ3) is 3.36. The standard InChI is InChI=1S/C17H25ClN2/c18-16-8-6-15(7-9-16)17(14-4-2-1-3-5-14)20-12-10-19-11-13-20/h6-9,14,17,19H,1-5,10-13H2/t17-/m1/s1. The highest BCUT2D eigenvalue weighted by molar-refractivity contribution is 6.30. The summed E-state index contributed by atoms with van der Waals surface area (Å²) in [7, 11) is 0. The maximum atomic E-state index is 6.06. The first-order valence-corrected chi connectivity index (χ1v) is 8.42. The highest BCUT2D eigenvalue weighted by Gasteiger charge is 2.30. The van der Waals surface area contributed by atoms with Crippen molar-refractivity contribution in [1.29, 1.82) is 0 Å². The first kappa shape index (κ1) is 14.4. The maximum Gasteiger partial charge on any atom is 0.0406 e. The molecule has 1 atom stereocenters. The van der Waals surface area contributed by atoms with Gasteiger partial charge < -0.3 is 5.32 Å². The van der Waals surface area contributed by atoms with E-state index >= 15 is 0 Å². The average Bonchev–Trinajstić information content (AvgIpc) is 2.52. The number of halogens is 1. The molecule has 110 valence electrons. The Labute approximate surface area is 127 Å². The van der Waals surface area contributed by atoms with E-state index in [1.807, 2.05) is 0 Å². The molecule has 2 nitrogen and oxygen atoms in total. The van der Waals surface area contributed by atoms with E-state index in [0.717, 1.165) is 24.0 Å². The zero-order valence-electron chi connectivity index (χ0n) is 12.2. The molecule has 0 aromatic heterocycles. The quantitative estimate of drug-likeness (QED) is 0.910. The Morgan fingerprint density at radius 1 is 1.00 bits per heavy atom. The molecule has 2 aliphatic rings. The van der Waals surface area contributed by atoms with Gasteiger partial charge in [-0.05, 0) is 36.5 Å². The summed E-state index contributed by atoms with van der Waals surface area (Å²) in [4.78, 5) is 2.69. The van der Waals surface area contributed by atoms with Gasteiger partial charge in [0, 0.05) is 37.2 Å². The van der Waals surface area contributed by atoms with Crippen LogP contribution in [0.1, 0.15) is 43.7 Å². The van der Waals surface area contributed by atoms with E-state index in [1.54, 1.807) is 0 Å². The summed E-state index contributed by atoms with van der Waals surface area (Å²) >= 11 is 6.06. The van der Waals surface area contributed by atoms with Gasteiger partial charge in [-0.1, -0.05) is 43.0 Å². The largest absolute Gasteiger partial charge is 0.314 e. The summed E-state index contributed by atoms with van der Waals surface area (Å²) < 4.78 is 0. The van der Waals surface area contributed by atoms with Gasteiger partial charge in [-0.2, -0.15) is 0 Å². The fourth-order valence-corrected chi connectivity index (χ4v) is 3.98. The highest BCUT2D eigenvalue weighted by atomic mass is 35.5. The van der Waals surface area contributed by atoms with Crippen LogP contribution in [-0.4, -0.2) is 31.1 Å². The second kappa shape index (κ2) is 6.93. The Morgan fingerprint density at radius 3 is 2.30 bits per heavy atom. The molecule has 0 spiro atoms. The Bertz CT molecular complexity index is 388.